The van der Waals surface area contributed by atoms with E-state index < -0.39 is 0 Å². The lowest BCUT2D eigenvalue weighted by molar-refractivity contribution is 0.213. The van der Waals surface area contributed by atoms with Crippen LogP contribution < -0.4 is 0 Å². The van der Waals surface area contributed by atoms with E-state index in [1.165, 1.54) is 0 Å². The van der Waals surface area contributed by atoms with Gasteiger partial charge in [-0.3, -0.25) is 0 Å². The number of methoxy groups -OCH3 is 2. The molecule has 0 aromatic rings. The van der Waals surface area contributed by atoms with Crippen molar-refractivity contribution in [3.63, 3.8) is 0 Å². The van der Waals surface area contributed by atoms with Gasteiger partial charge in [0.05, 0.1) is 19.5 Å². The van der Waals surface area contributed by atoms with Crippen LogP contribution in [0.5, 0.6) is 0 Å². The fourth-order valence-electron chi connectivity index (χ4n) is 0.492. The van der Waals surface area contributed by atoms with Gasteiger partial charge in [0.25, 0.3) is 0 Å². The Balaban J connectivity index is 3.78. The molecular formula is C7H14O2. The van der Waals surface area contributed by atoms with Gasteiger partial charge in [0, 0.05) is 7.11 Å². The van der Waals surface area contributed by atoms with E-state index in [0.717, 1.165) is 11.3 Å². The molecule has 0 rings (SSSR count). The second kappa shape index (κ2) is 4.39. The summed E-state index contributed by atoms with van der Waals surface area (Å²) in [5, 5.41) is 0. The Labute approximate surface area is 56.5 Å². The van der Waals surface area contributed by atoms with Crippen LogP contribution in [0.3, 0.4) is 0 Å². The maximum absolute atomic E-state index is 4.96. The molecule has 0 N–H and O–H groups in total. The largest absolute Gasteiger partial charge is 0.501 e. The van der Waals surface area contributed by atoms with Crippen molar-refractivity contribution in [2.75, 3.05) is 20.8 Å². The van der Waals surface area contributed by atoms with Crippen molar-refractivity contribution in [3.8, 4) is 0 Å². The summed E-state index contributed by atoms with van der Waals surface area (Å²) in [7, 11) is 3.33. The summed E-state index contributed by atoms with van der Waals surface area (Å²) in [4.78, 5) is 0. The van der Waals surface area contributed by atoms with E-state index in [0.29, 0.717) is 6.61 Å². The Morgan fingerprint density at radius 3 is 2.11 bits per heavy atom. The summed E-state index contributed by atoms with van der Waals surface area (Å²) in [6, 6.07) is 0. The van der Waals surface area contributed by atoms with Crippen molar-refractivity contribution in [1.82, 2.24) is 0 Å². The normalized spacial score (nSPS) is 12.9. The lowest BCUT2D eigenvalue weighted by atomic mass is 10.3. The van der Waals surface area contributed by atoms with E-state index in [2.05, 4.69) is 0 Å². The molecule has 0 fully saturated rings. The van der Waals surface area contributed by atoms with Crippen molar-refractivity contribution in [2.24, 2.45) is 0 Å². The van der Waals surface area contributed by atoms with Crippen LogP contribution >= 0.6 is 0 Å². The molecule has 0 aromatic heterocycles. The number of hydrogen-bond donors (Lipinski definition) is 0. The average Bonchev–Trinajstić information content (AvgIpc) is 1.87. The standard InChI is InChI=1S/C7H14O2/c1-6(5-8-3)7(2)9-4/h5H2,1-4H3/b7-6-. The van der Waals surface area contributed by atoms with E-state index in [4.69, 9.17) is 9.47 Å². The van der Waals surface area contributed by atoms with E-state index >= 15 is 0 Å². The van der Waals surface area contributed by atoms with Crippen molar-refractivity contribution >= 4 is 0 Å². The van der Waals surface area contributed by atoms with Gasteiger partial charge < -0.3 is 9.47 Å². The monoisotopic (exact) mass is 130 g/mol. The zero-order valence-electron chi connectivity index (χ0n) is 6.52. The Hall–Kier alpha value is -0.500. The van der Waals surface area contributed by atoms with Gasteiger partial charge in [0.15, 0.2) is 0 Å². The summed E-state index contributed by atoms with van der Waals surface area (Å²) in [5.74, 6) is 0.942. The summed E-state index contributed by atoms with van der Waals surface area (Å²) in [5.41, 5.74) is 1.14. The summed E-state index contributed by atoms with van der Waals surface area (Å²) >= 11 is 0. The molecule has 0 aliphatic carbocycles. The second-order valence-corrected chi connectivity index (χ2v) is 1.97. The molecule has 9 heavy (non-hydrogen) atoms. The highest BCUT2D eigenvalue weighted by Crippen LogP contribution is 2.02. The second-order valence-electron chi connectivity index (χ2n) is 1.97. The first kappa shape index (κ1) is 8.50. The van der Waals surface area contributed by atoms with E-state index in [-0.39, 0.29) is 0 Å². The number of allylic oxidation sites excluding steroid dienone is 1. The molecule has 0 unspecified atom stereocenters. The lowest BCUT2D eigenvalue weighted by Gasteiger charge is -2.03. The quantitative estimate of drug-likeness (QED) is 0.540. The van der Waals surface area contributed by atoms with Gasteiger partial charge in [-0.15, -0.1) is 0 Å². The summed E-state index contributed by atoms with van der Waals surface area (Å²) in [6.07, 6.45) is 0. The molecule has 2 nitrogen and oxygen atoms in total. The molecule has 0 bridgehead atoms. The summed E-state index contributed by atoms with van der Waals surface area (Å²) in [6.45, 7) is 4.57. The number of ether oxygens (including phenoxy) is 2. The van der Waals surface area contributed by atoms with Crippen molar-refractivity contribution in [1.29, 1.82) is 0 Å². The average molecular weight is 130 g/mol. The Morgan fingerprint density at radius 1 is 1.22 bits per heavy atom. The first-order chi connectivity index (χ1) is 4.22. The molecule has 0 saturated carbocycles. The van der Waals surface area contributed by atoms with E-state index in [1.54, 1.807) is 14.2 Å². The molecule has 0 atom stereocenters. The van der Waals surface area contributed by atoms with Gasteiger partial charge in [-0.25, -0.2) is 0 Å². The van der Waals surface area contributed by atoms with Crippen LogP contribution in [0.15, 0.2) is 11.3 Å². The van der Waals surface area contributed by atoms with E-state index in [1.807, 2.05) is 13.8 Å². The maximum Gasteiger partial charge on any atom is 0.0936 e. The molecule has 0 spiro atoms. The third kappa shape index (κ3) is 3.14. The molecule has 0 aliphatic rings. The van der Waals surface area contributed by atoms with Gasteiger partial charge in [-0.1, -0.05) is 0 Å². The van der Waals surface area contributed by atoms with Crippen LogP contribution in [0.25, 0.3) is 0 Å². The van der Waals surface area contributed by atoms with Gasteiger partial charge in [0.1, 0.15) is 0 Å². The highest BCUT2D eigenvalue weighted by Gasteiger charge is 1.93. The lowest BCUT2D eigenvalue weighted by Crippen LogP contribution is -1.94. The SMILES string of the molecule is COC/C(C)=C(/C)OC. The van der Waals surface area contributed by atoms with Gasteiger partial charge in [-0.2, -0.15) is 0 Å². The Bertz CT molecular complexity index is 105. The predicted molar refractivity (Wildman–Crippen MR) is 37.3 cm³/mol. The Morgan fingerprint density at radius 2 is 1.78 bits per heavy atom. The first-order valence-electron chi connectivity index (χ1n) is 2.91. The molecule has 0 heterocycles. The number of rotatable bonds is 3. The zero-order valence-corrected chi connectivity index (χ0v) is 6.52. The fraction of sp³-hybridized carbons (Fsp3) is 0.714. The van der Waals surface area contributed by atoms with E-state index in [9.17, 15) is 0 Å². The molecule has 0 aliphatic heterocycles. The molecule has 0 radical (unpaired) electrons. The van der Waals surface area contributed by atoms with Crippen molar-refractivity contribution < 1.29 is 9.47 Å². The van der Waals surface area contributed by atoms with Crippen molar-refractivity contribution in [3.05, 3.63) is 11.3 Å². The highest BCUT2D eigenvalue weighted by atomic mass is 16.5. The third-order valence-electron chi connectivity index (χ3n) is 1.27. The van der Waals surface area contributed by atoms with Crippen LogP contribution in [0, 0.1) is 0 Å². The van der Waals surface area contributed by atoms with Crippen LogP contribution in [-0.2, 0) is 9.47 Å². The molecule has 0 saturated heterocycles. The highest BCUT2D eigenvalue weighted by molar-refractivity contribution is 5.02. The minimum atomic E-state index is 0.652. The molecule has 0 amide bonds. The van der Waals surface area contributed by atoms with Gasteiger partial charge >= 0.3 is 0 Å². The van der Waals surface area contributed by atoms with Crippen LogP contribution in [0.4, 0.5) is 0 Å². The first-order valence-corrected chi connectivity index (χ1v) is 2.91. The van der Waals surface area contributed by atoms with Crippen LogP contribution in [0.1, 0.15) is 13.8 Å². The topological polar surface area (TPSA) is 18.5 Å². The van der Waals surface area contributed by atoms with Gasteiger partial charge in [-0.05, 0) is 19.4 Å². The molecule has 54 valence electrons. The maximum atomic E-state index is 4.96. The minimum absolute atomic E-state index is 0.652. The minimum Gasteiger partial charge on any atom is -0.501 e. The molecular weight excluding hydrogens is 116 g/mol. The summed E-state index contributed by atoms with van der Waals surface area (Å²) < 4.78 is 9.85. The fourth-order valence-corrected chi connectivity index (χ4v) is 0.492. The third-order valence-corrected chi connectivity index (χ3v) is 1.27. The Kier molecular flexibility index (Phi) is 4.14. The molecule has 2 heteroatoms. The number of hydrogen-bond acceptors (Lipinski definition) is 2. The zero-order chi connectivity index (χ0) is 7.28. The van der Waals surface area contributed by atoms with Crippen LogP contribution in [-0.4, -0.2) is 20.8 Å². The predicted octanol–water partition coefficient (Wildman–Crippen LogP) is 1.57. The van der Waals surface area contributed by atoms with Gasteiger partial charge in [0.2, 0.25) is 0 Å². The smallest absolute Gasteiger partial charge is 0.0936 e. The van der Waals surface area contributed by atoms with Crippen LogP contribution in [0.2, 0.25) is 0 Å². The molecule has 0 aromatic carbocycles. The van der Waals surface area contributed by atoms with Crippen molar-refractivity contribution in [2.45, 2.75) is 13.8 Å².